The molecule has 0 unspecified atom stereocenters. The molecule has 0 saturated carbocycles. The van der Waals surface area contributed by atoms with Crippen LogP contribution >= 0.6 is 0 Å². The van der Waals surface area contributed by atoms with Gasteiger partial charge in [0.1, 0.15) is 11.7 Å². The lowest BCUT2D eigenvalue weighted by molar-refractivity contribution is -0.154. The molecule has 0 bridgehead atoms. The lowest BCUT2D eigenvalue weighted by Crippen LogP contribution is -2.61. The molecule has 2 aromatic carbocycles. The maximum atomic E-state index is 13.3. The number of anilines is 1. The van der Waals surface area contributed by atoms with Gasteiger partial charge < -0.3 is 4.74 Å². The van der Waals surface area contributed by atoms with E-state index in [4.69, 9.17) is 4.74 Å². The van der Waals surface area contributed by atoms with Crippen molar-refractivity contribution in [2.45, 2.75) is 26.7 Å². The number of carbonyl (C=O) groups excluding carboxylic acids is 3. The predicted octanol–water partition coefficient (Wildman–Crippen LogP) is 3.21. The van der Waals surface area contributed by atoms with E-state index >= 15 is 0 Å². The summed E-state index contributed by atoms with van der Waals surface area (Å²) in [7, 11) is 0. The normalized spacial score (nSPS) is 24.0. The van der Waals surface area contributed by atoms with Gasteiger partial charge in [0.25, 0.3) is 0 Å². The molecular formula is C21H19NO4. The number of fused-ring (bicyclic) bond motifs is 3. The Morgan fingerprint density at radius 2 is 1.62 bits per heavy atom. The molecule has 0 aromatic heterocycles. The Labute approximate surface area is 151 Å². The first-order valence-electron chi connectivity index (χ1n) is 8.58. The summed E-state index contributed by atoms with van der Waals surface area (Å²) >= 11 is 0. The maximum absolute atomic E-state index is 13.3. The van der Waals surface area contributed by atoms with Gasteiger partial charge in [-0.15, -0.1) is 0 Å². The van der Waals surface area contributed by atoms with E-state index in [1.807, 2.05) is 31.2 Å². The minimum atomic E-state index is -1.03. The summed E-state index contributed by atoms with van der Waals surface area (Å²) in [6.07, 6.45) is 0. The van der Waals surface area contributed by atoms with E-state index in [1.54, 1.807) is 38.1 Å². The SMILES string of the molecule is Cc1ccc(N2C(=O)[C@H]3C(=O)Oc4ccccc4[C@@H]3C(C)(C)C2=O)cc1. The lowest BCUT2D eigenvalue weighted by atomic mass is 9.63. The molecule has 2 aromatic rings. The third kappa shape index (κ3) is 2.20. The lowest BCUT2D eigenvalue weighted by Gasteiger charge is -2.47. The van der Waals surface area contributed by atoms with Crippen LogP contribution in [0.1, 0.15) is 30.9 Å². The highest BCUT2D eigenvalue weighted by atomic mass is 16.5. The fraction of sp³-hybridized carbons (Fsp3) is 0.286. The Morgan fingerprint density at radius 1 is 0.962 bits per heavy atom. The zero-order chi connectivity index (χ0) is 18.6. The number of hydrogen-bond donors (Lipinski definition) is 0. The standard InChI is InChI=1S/C21H19NO4/c1-12-8-10-13(11-9-12)22-18(23)16-17(21(2,3)20(22)25)14-6-4-5-7-15(14)26-19(16)24/h4-11,16-17H,1-3H3/t16-,17-/m0/s1. The first kappa shape index (κ1) is 16.5. The molecule has 5 nitrogen and oxygen atoms in total. The number of amides is 2. The Balaban J connectivity index is 1.87. The van der Waals surface area contributed by atoms with Crippen LogP contribution in [-0.2, 0) is 14.4 Å². The minimum Gasteiger partial charge on any atom is -0.426 e. The van der Waals surface area contributed by atoms with Crippen LogP contribution in [0.2, 0.25) is 0 Å². The van der Waals surface area contributed by atoms with E-state index in [-0.39, 0.29) is 5.91 Å². The van der Waals surface area contributed by atoms with Crippen molar-refractivity contribution in [1.29, 1.82) is 0 Å². The van der Waals surface area contributed by atoms with Gasteiger partial charge in [0.2, 0.25) is 11.8 Å². The molecule has 2 atom stereocenters. The number of para-hydroxylation sites is 1. The number of esters is 1. The molecule has 0 N–H and O–H groups in total. The molecule has 5 heteroatoms. The van der Waals surface area contributed by atoms with Gasteiger partial charge in [-0.25, -0.2) is 4.90 Å². The summed E-state index contributed by atoms with van der Waals surface area (Å²) in [4.78, 5) is 40.2. The second-order valence-electron chi connectivity index (χ2n) is 7.45. The van der Waals surface area contributed by atoms with E-state index in [9.17, 15) is 14.4 Å². The average molecular weight is 349 g/mol. The van der Waals surface area contributed by atoms with Gasteiger partial charge in [-0.1, -0.05) is 49.7 Å². The number of nitrogens with zero attached hydrogens (tertiary/aromatic N) is 1. The number of benzene rings is 2. The first-order valence-corrected chi connectivity index (χ1v) is 8.58. The monoisotopic (exact) mass is 349 g/mol. The van der Waals surface area contributed by atoms with Crippen LogP contribution in [0.15, 0.2) is 48.5 Å². The molecule has 1 saturated heterocycles. The molecule has 0 aliphatic carbocycles. The van der Waals surface area contributed by atoms with Crippen molar-refractivity contribution in [2.24, 2.45) is 11.3 Å². The Bertz CT molecular complexity index is 929. The molecule has 2 amide bonds. The molecule has 2 heterocycles. The largest absolute Gasteiger partial charge is 0.426 e. The van der Waals surface area contributed by atoms with Gasteiger partial charge >= 0.3 is 5.97 Å². The highest BCUT2D eigenvalue weighted by molar-refractivity contribution is 6.24. The van der Waals surface area contributed by atoms with E-state index in [2.05, 4.69) is 0 Å². The Kier molecular flexibility index (Phi) is 3.51. The smallest absolute Gasteiger partial charge is 0.324 e. The molecular weight excluding hydrogens is 330 g/mol. The van der Waals surface area contributed by atoms with Crippen LogP contribution < -0.4 is 9.64 Å². The molecule has 26 heavy (non-hydrogen) atoms. The highest BCUT2D eigenvalue weighted by Gasteiger charge is 2.59. The highest BCUT2D eigenvalue weighted by Crippen LogP contribution is 2.52. The fourth-order valence-electron chi connectivity index (χ4n) is 3.97. The average Bonchev–Trinajstić information content (AvgIpc) is 2.61. The second kappa shape index (κ2) is 5.53. The number of piperidine rings is 1. The van der Waals surface area contributed by atoms with Crippen LogP contribution in [0.4, 0.5) is 5.69 Å². The molecule has 132 valence electrons. The van der Waals surface area contributed by atoms with Crippen molar-refractivity contribution in [2.75, 3.05) is 4.90 Å². The van der Waals surface area contributed by atoms with Gasteiger partial charge in [-0.3, -0.25) is 14.4 Å². The quantitative estimate of drug-likeness (QED) is 0.343. The van der Waals surface area contributed by atoms with Crippen LogP contribution in [0.5, 0.6) is 5.75 Å². The molecule has 0 spiro atoms. The van der Waals surface area contributed by atoms with Crippen molar-refractivity contribution in [1.82, 2.24) is 0 Å². The van der Waals surface area contributed by atoms with E-state index in [0.717, 1.165) is 16.0 Å². The Morgan fingerprint density at radius 3 is 2.31 bits per heavy atom. The molecule has 2 aliphatic heterocycles. The summed E-state index contributed by atoms with van der Waals surface area (Å²) in [6, 6.07) is 14.2. The van der Waals surface area contributed by atoms with E-state index < -0.39 is 29.1 Å². The molecule has 0 radical (unpaired) electrons. The summed E-state index contributed by atoms with van der Waals surface area (Å²) < 4.78 is 5.41. The fourth-order valence-corrected chi connectivity index (χ4v) is 3.97. The summed E-state index contributed by atoms with van der Waals surface area (Å²) in [5.41, 5.74) is 1.30. The number of hydrogen-bond acceptors (Lipinski definition) is 4. The third-order valence-electron chi connectivity index (χ3n) is 5.36. The summed E-state index contributed by atoms with van der Waals surface area (Å²) in [5, 5.41) is 0. The molecule has 1 fully saturated rings. The van der Waals surface area contributed by atoms with Crippen molar-refractivity contribution >= 4 is 23.5 Å². The zero-order valence-corrected chi connectivity index (χ0v) is 14.9. The van der Waals surface area contributed by atoms with Crippen molar-refractivity contribution in [3.63, 3.8) is 0 Å². The number of aryl methyl sites for hydroxylation is 1. The van der Waals surface area contributed by atoms with Crippen LogP contribution in [0.25, 0.3) is 0 Å². The Hall–Kier alpha value is -2.95. The molecule has 4 rings (SSSR count). The van der Waals surface area contributed by atoms with Crippen molar-refractivity contribution < 1.29 is 19.1 Å². The topological polar surface area (TPSA) is 63.7 Å². The number of ether oxygens (including phenoxy) is 1. The summed E-state index contributed by atoms with van der Waals surface area (Å²) in [6.45, 7) is 5.51. The van der Waals surface area contributed by atoms with Gasteiger partial charge in [0.15, 0.2) is 0 Å². The second-order valence-corrected chi connectivity index (χ2v) is 7.45. The number of rotatable bonds is 1. The van der Waals surface area contributed by atoms with Crippen LogP contribution in [0.3, 0.4) is 0 Å². The predicted molar refractivity (Wildman–Crippen MR) is 95.8 cm³/mol. The van der Waals surface area contributed by atoms with Crippen LogP contribution in [-0.4, -0.2) is 17.8 Å². The van der Waals surface area contributed by atoms with Crippen LogP contribution in [0, 0.1) is 18.3 Å². The van der Waals surface area contributed by atoms with E-state index in [0.29, 0.717) is 11.4 Å². The molecule has 2 aliphatic rings. The van der Waals surface area contributed by atoms with Crippen molar-refractivity contribution in [3.05, 3.63) is 59.7 Å². The van der Waals surface area contributed by atoms with Gasteiger partial charge in [0.05, 0.1) is 11.1 Å². The zero-order valence-electron chi connectivity index (χ0n) is 14.9. The van der Waals surface area contributed by atoms with Gasteiger partial charge in [-0.05, 0) is 25.1 Å². The maximum Gasteiger partial charge on any atom is 0.324 e. The number of imide groups is 1. The van der Waals surface area contributed by atoms with Gasteiger partial charge in [0, 0.05) is 11.5 Å². The number of carbonyl (C=O) groups is 3. The first-order chi connectivity index (χ1) is 12.3. The van der Waals surface area contributed by atoms with E-state index in [1.165, 1.54) is 0 Å². The third-order valence-corrected chi connectivity index (χ3v) is 5.36. The van der Waals surface area contributed by atoms with Gasteiger partial charge in [-0.2, -0.15) is 0 Å². The minimum absolute atomic E-state index is 0.308. The summed E-state index contributed by atoms with van der Waals surface area (Å²) in [5.74, 6) is -2.58. The van der Waals surface area contributed by atoms with Crippen molar-refractivity contribution in [3.8, 4) is 5.75 Å².